The van der Waals surface area contributed by atoms with Gasteiger partial charge in [-0.05, 0) is 52.3 Å². The van der Waals surface area contributed by atoms with Crippen LogP contribution < -0.4 is 9.96 Å². The number of hydrogen-bond donors (Lipinski definition) is 1. The summed E-state index contributed by atoms with van der Waals surface area (Å²) in [5, 5.41) is 9.84. The van der Waals surface area contributed by atoms with Gasteiger partial charge in [0.05, 0.1) is 22.4 Å². The Morgan fingerprint density at radius 3 is 1.89 bits per heavy atom. The van der Waals surface area contributed by atoms with Crippen LogP contribution in [0.3, 0.4) is 0 Å². The second-order valence-electron chi connectivity index (χ2n) is 8.79. The monoisotopic (exact) mass is 725 g/mol. The number of amides is 3. The van der Waals surface area contributed by atoms with E-state index in [-0.39, 0.29) is 0 Å². The van der Waals surface area contributed by atoms with Crippen LogP contribution in [-0.4, -0.2) is 40.3 Å². The first kappa shape index (κ1) is 35.3. The smallest absolute Gasteiger partial charge is 0.281 e. The third kappa shape index (κ3) is 6.46. The molecule has 3 aromatic rings. The predicted molar refractivity (Wildman–Crippen MR) is 131 cm³/mol. The van der Waals surface area contributed by atoms with Crippen molar-refractivity contribution in [3.63, 3.8) is 0 Å². The lowest BCUT2D eigenvalue weighted by Gasteiger charge is -2.32. The van der Waals surface area contributed by atoms with Gasteiger partial charge >= 0.3 is 24.2 Å². The second-order valence-corrected chi connectivity index (χ2v) is 9.65. The van der Waals surface area contributed by atoms with Gasteiger partial charge in [0.25, 0.3) is 11.8 Å². The van der Waals surface area contributed by atoms with Gasteiger partial charge in [-0.25, -0.2) is 18.7 Å². The Hall–Kier alpha value is -4.20. The van der Waals surface area contributed by atoms with Crippen molar-refractivity contribution in [2.45, 2.75) is 31.1 Å². The van der Waals surface area contributed by atoms with Crippen molar-refractivity contribution < 1.29 is 72.3 Å². The van der Waals surface area contributed by atoms with Crippen molar-refractivity contribution in [1.82, 2.24) is 4.98 Å². The summed E-state index contributed by atoms with van der Waals surface area (Å²) in [6.07, 6.45) is -19.0. The van der Waals surface area contributed by atoms with Crippen LogP contribution >= 0.6 is 15.9 Å². The fourth-order valence-electron chi connectivity index (χ4n) is 3.83. The van der Waals surface area contributed by atoms with Gasteiger partial charge in [0.2, 0.25) is 11.9 Å². The van der Waals surface area contributed by atoms with Crippen LogP contribution in [0.2, 0.25) is 0 Å². The molecule has 0 aliphatic carbocycles. The number of aromatic nitrogens is 1. The van der Waals surface area contributed by atoms with Crippen molar-refractivity contribution in [3.05, 3.63) is 87.2 Å². The Morgan fingerprint density at radius 1 is 0.844 bits per heavy atom. The van der Waals surface area contributed by atoms with Crippen LogP contribution in [0.5, 0.6) is 0 Å². The van der Waals surface area contributed by atoms with E-state index in [1.165, 1.54) is 0 Å². The molecule has 0 spiro atoms. The largest absolute Gasteiger partial charge is 0.435 e. The number of hydroxylamine groups is 1. The van der Waals surface area contributed by atoms with Crippen molar-refractivity contribution in [2.75, 3.05) is 9.96 Å². The summed E-state index contributed by atoms with van der Waals surface area (Å²) in [6.45, 7) is 0.411. The minimum atomic E-state index is -6.84. The molecule has 0 aliphatic rings. The number of nitrogens with zero attached hydrogens (tertiary/aromatic N) is 3. The lowest BCUT2D eigenvalue weighted by molar-refractivity contribution is -0.348. The summed E-state index contributed by atoms with van der Waals surface area (Å²) in [5.74, 6) is -8.10. The van der Waals surface area contributed by atoms with Gasteiger partial charge in [-0.15, -0.1) is 0 Å². The minimum Gasteiger partial charge on any atom is -0.281 e. The molecule has 45 heavy (non-hydrogen) atoms. The number of benzene rings is 2. The molecule has 0 radical (unpaired) electrons. The molecule has 3 rings (SSSR count). The Balaban J connectivity index is 2.23. The number of carbonyl (C=O) groups excluding carboxylic acids is 3. The zero-order chi connectivity index (χ0) is 34.4. The first-order valence-electron chi connectivity index (χ1n) is 11.5. The number of pyridine rings is 1. The van der Waals surface area contributed by atoms with E-state index < -0.39 is 114 Å². The number of rotatable bonds is 5. The fraction of sp³-hybridized carbons (Fsp3) is 0.200. The standard InChI is InChI=1S/C25H12BrF12N3O4/c1-10(42)40(19-14(23(30,31)32)7-12(8-15(19)26)22(29,24(33,34)35)25(36,37)38)21(44)13-3-2-4-16(18(13)28)41(45)20(43)11-5-6-17(27)39-9-11/h2-9,45H,1H3. The van der Waals surface area contributed by atoms with Crippen LogP contribution in [0.1, 0.15) is 38.8 Å². The van der Waals surface area contributed by atoms with Gasteiger partial charge in [-0.1, -0.05) is 6.07 Å². The van der Waals surface area contributed by atoms with E-state index >= 15 is 4.39 Å². The van der Waals surface area contributed by atoms with E-state index in [9.17, 15) is 67.9 Å². The molecular formula is C25H12BrF12N3O4. The maximum atomic E-state index is 15.4. The predicted octanol–water partition coefficient (Wildman–Crippen LogP) is 7.66. The van der Waals surface area contributed by atoms with E-state index in [0.29, 0.717) is 31.3 Å². The van der Waals surface area contributed by atoms with Crippen LogP contribution in [0.25, 0.3) is 0 Å². The summed E-state index contributed by atoms with van der Waals surface area (Å²) < 4.78 is 164. The number of alkyl halides is 10. The third-order valence-corrected chi connectivity index (χ3v) is 6.50. The van der Waals surface area contributed by atoms with Gasteiger partial charge in [0.1, 0.15) is 5.69 Å². The zero-order valence-electron chi connectivity index (χ0n) is 21.5. The van der Waals surface area contributed by atoms with Crippen LogP contribution in [0, 0.1) is 11.8 Å². The van der Waals surface area contributed by atoms with Crippen LogP contribution in [0.15, 0.2) is 53.1 Å². The second kappa shape index (κ2) is 12.0. The molecule has 0 saturated heterocycles. The van der Waals surface area contributed by atoms with Gasteiger partial charge in [0, 0.05) is 23.2 Å². The molecule has 7 nitrogen and oxygen atoms in total. The highest BCUT2D eigenvalue weighted by atomic mass is 79.9. The van der Waals surface area contributed by atoms with Gasteiger partial charge in [0.15, 0.2) is 5.82 Å². The highest BCUT2D eigenvalue weighted by Gasteiger charge is 2.73. The molecule has 0 fully saturated rings. The Labute approximate surface area is 250 Å². The normalized spacial score (nSPS) is 12.6. The Kier molecular flexibility index (Phi) is 9.37. The molecule has 0 unspecified atom stereocenters. The van der Waals surface area contributed by atoms with E-state index in [2.05, 4.69) is 20.9 Å². The Morgan fingerprint density at radius 2 is 1.42 bits per heavy atom. The van der Waals surface area contributed by atoms with E-state index in [1.807, 2.05) is 0 Å². The number of imide groups is 1. The van der Waals surface area contributed by atoms with Crippen LogP contribution in [0.4, 0.5) is 64.1 Å². The highest BCUT2D eigenvalue weighted by Crippen LogP contribution is 2.55. The van der Waals surface area contributed by atoms with Crippen LogP contribution in [-0.2, 0) is 16.6 Å². The molecule has 1 aromatic heterocycles. The highest BCUT2D eigenvalue weighted by molar-refractivity contribution is 9.10. The van der Waals surface area contributed by atoms with Gasteiger partial charge in [-0.2, -0.15) is 49.0 Å². The molecule has 0 aliphatic heterocycles. The summed E-state index contributed by atoms with van der Waals surface area (Å²) in [6, 6.07) is 2.14. The van der Waals surface area contributed by atoms with Crippen molar-refractivity contribution in [3.8, 4) is 0 Å². The maximum Gasteiger partial charge on any atom is 0.435 e. The molecule has 2 aromatic carbocycles. The van der Waals surface area contributed by atoms with Gasteiger partial charge in [-0.3, -0.25) is 19.6 Å². The van der Waals surface area contributed by atoms with Crippen molar-refractivity contribution in [1.29, 1.82) is 0 Å². The average molecular weight is 726 g/mol. The summed E-state index contributed by atoms with van der Waals surface area (Å²) in [4.78, 5) is 40.9. The summed E-state index contributed by atoms with van der Waals surface area (Å²) in [5.41, 5.74) is -16.3. The first-order valence-corrected chi connectivity index (χ1v) is 12.3. The summed E-state index contributed by atoms with van der Waals surface area (Å²) in [7, 11) is 0. The molecule has 20 heteroatoms. The third-order valence-electron chi connectivity index (χ3n) is 5.89. The molecule has 1 heterocycles. The van der Waals surface area contributed by atoms with Crippen molar-refractivity contribution in [2.24, 2.45) is 0 Å². The number of halogens is 13. The first-order chi connectivity index (χ1) is 20.4. The lowest BCUT2D eigenvalue weighted by atomic mass is 9.91. The van der Waals surface area contributed by atoms with Gasteiger partial charge < -0.3 is 0 Å². The average Bonchev–Trinajstić information content (AvgIpc) is 2.91. The fourth-order valence-corrected chi connectivity index (χ4v) is 4.47. The molecule has 3 amide bonds. The number of carbonyl (C=O) groups is 3. The topological polar surface area (TPSA) is 90.8 Å². The Bertz CT molecular complexity index is 1640. The summed E-state index contributed by atoms with van der Waals surface area (Å²) >= 11 is 2.27. The molecule has 0 saturated carbocycles. The molecule has 242 valence electrons. The SMILES string of the molecule is CC(=O)N(C(=O)c1cccc(N(O)C(=O)c2ccc(F)nc2)c1F)c1c(Br)cc(C(F)(C(F)(F)F)C(F)(F)F)cc1C(F)(F)F. The van der Waals surface area contributed by atoms with E-state index in [4.69, 9.17) is 0 Å². The molecular weight excluding hydrogens is 714 g/mol. The zero-order valence-corrected chi connectivity index (χ0v) is 23.1. The van der Waals surface area contributed by atoms with Crippen molar-refractivity contribution >= 4 is 45.0 Å². The molecule has 1 N–H and O–H groups in total. The lowest BCUT2D eigenvalue weighted by Crippen LogP contribution is -2.50. The number of anilines is 2. The van der Waals surface area contributed by atoms with E-state index in [1.54, 1.807) is 0 Å². The quantitative estimate of drug-likeness (QED) is 0.126. The van der Waals surface area contributed by atoms with E-state index in [0.717, 1.165) is 12.1 Å². The minimum absolute atomic E-state index is 0.396. The molecule has 0 bridgehead atoms. The maximum absolute atomic E-state index is 15.4. The number of hydrogen-bond acceptors (Lipinski definition) is 5. The molecule has 0 atom stereocenters.